The van der Waals surface area contributed by atoms with Crippen molar-refractivity contribution in [2.75, 3.05) is 18.9 Å². The molecule has 1 aromatic carbocycles. The molecule has 0 radical (unpaired) electrons. The minimum atomic E-state index is -0.315. The second-order valence-electron chi connectivity index (χ2n) is 3.38. The summed E-state index contributed by atoms with van der Waals surface area (Å²) in [4.78, 5) is 13.1. The quantitative estimate of drug-likeness (QED) is 0.917. The van der Waals surface area contributed by atoms with Crippen molar-refractivity contribution >= 4 is 34.9 Å². The number of hydrogen-bond donors (Lipinski definition) is 1. The van der Waals surface area contributed by atoms with Crippen molar-refractivity contribution in [3.63, 3.8) is 0 Å². The third-order valence-electron chi connectivity index (χ3n) is 2.08. The van der Waals surface area contributed by atoms with Crippen LogP contribution in [0.25, 0.3) is 0 Å². The number of carbonyl (C=O) groups is 1. The number of halogens is 2. The van der Waals surface area contributed by atoms with E-state index < -0.39 is 0 Å². The highest BCUT2D eigenvalue weighted by Gasteiger charge is 2.10. The van der Waals surface area contributed by atoms with Crippen molar-refractivity contribution in [1.29, 1.82) is 5.26 Å². The molecule has 90 valence electrons. The molecule has 4 nitrogen and oxygen atoms in total. The van der Waals surface area contributed by atoms with Crippen LogP contribution in [-0.4, -0.2) is 24.5 Å². The topological polar surface area (TPSA) is 56.1 Å². The molecule has 0 aliphatic heterocycles. The molecule has 0 atom stereocenters. The third-order valence-corrected chi connectivity index (χ3v) is 2.63. The fraction of sp³-hybridized carbons (Fsp3) is 0.273. The van der Waals surface area contributed by atoms with Gasteiger partial charge in [-0.3, -0.25) is 0 Å². The predicted molar refractivity (Wildman–Crippen MR) is 68.3 cm³/mol. The summed E-state index contributed by atoms with van der Waals surface area (Å²) in [5.41, 5.74) is 0.491. The van der Waals surface area contributed by atoms with Crippen molar-refractivity contribution < 1.29 is 4.79 Å². The van der Waals surface area contributed by atoms with Crippen molar-refractivity contribution in [2.24, 2.45) is 0 Å². The number of hydrogen-bond acceptors (Lipinski definition) is 2. The molecule has 0 saturated heterocycles. The molecule has 0 aliphatic rings. The monoisotopic (exact) mass is 271 g/mol. The first-order valence-corrected chi connectivity index (χ1v) is 5.64. The third kappa shape index (κ3) is 4.14. The van der Waals surface area contributed by atoms with Gasteiger partial charge in [0.25, 0.3) is 0 Å². The number of nitrogens with one attached hydrogen (secondary N) is 1. The van der Waals surface area contributed by atoms with Crippen LogP contribution in [0.1, 0.15) is 6.42 Å². The average Bonchev–Trinajstić information content (AvgIpc) is 2.29. The van der Waals surface area contributed by atoms with Gasteiger partial charge in [0, 0.05) is 18.6 Å². The van der Waals surface area contributed by atoms with Gasteiger partial charge in [-0.05, 0) is 18.2 Å². The molecule has 0 spiro atoms. The largest absolute Gasteiger partial charge is 0.327 e. The van der Waals surface area contributed by atoms with E-state index in [1.54, 1.807) is 25.2 Å². The van der Waals surface area contributed by atoms with Crippen molar-refractivity contribution in [1.82, 2.24) is 4.90 Å². The number of anilines is 1. The van der Waals surface area contributed by atoms with E-state index in [4.69, 9.17) is 28.5 Å². The van der Waals surface area contributed by atoms with Crippen LogP contribution in [0, 0.1) is 11.3 Å². The number of nitriles is 1. The Morgan fingerprint density at radius 2 is 2.24 bits per heavy atom. The van der Waals surface area contributed by atoms with Gasteiger partial charge in [0.1, 0.15) is 0 Å². The van der Waals surface area contributed by atoms with Crippen molar-refractivity contribution in [2.45, 2.75) is 6.42 Å². The Morgan fingerprint density at radius 1 is 1.53 bits per heavy atom. The van der Waals surface area contributed by atoms with Gasteiger partial charge in [0.05, 0.1) is 23.2 Å². The van der Waals surface area contributed by atoms with Crippen LogP contribution in [0.3, 0.4) is 0 Å². The van der Waals surface area contributed by atoms with Gasteiger partial charge in [-0.2, -0.15) is 5.26 Å². The van der Waals surface area contributed by atoms with Gasteiger partial charge in [0.15, 0.2) is 0 Å². The zero-order valence-corrected chi connectivity index (χ0v) is 10.7. The molecule has 0 aromatic heterocycles. The number of benzene rings is 1. The highest BCUT2D eigenvalue weighted by molar-refractivity contribution is 6.36. The van der Waals surface area contributed by atoms with Gasteiger partial charge in [-0.25, -0.2) is 4.79 Å². The lowest BCUT2D eigenvalue weighted by Gasteiger charge is -2.17. The Labute approximate surface area is 110 Å². The summed E-state index contributed by atoms with van der Waals surface area (Å²) in [5.74, 6) is 0. The second kappa shape index (κ2) is 6.33. The molecule has 2 amide bonds. The summed E-state index contributed by atoms with van der Waals surface area (Å²) in [5, 5.41) is 11.9. The molecular formula is C11H11Cl2N3O. The Hall–Kier alpha value is -1.44. The number of amides is 2. The molecular weight excluding hydrogens is 261 g/mol. The zero-order valence-electron chi connectivity index (χ0n) is 9.20. The molecule has 1 aromatic rings. The summed E-state index contributed by atoms with van der Waals surface area (Å²) in [6.07, 6.45) is 0.290. The highest BCUT2D eigenvalue weighted by Crippen LogP contribution is 2.25. The van der Waals surface area contributed by atoms with Crippen LogP contribution in [0.5, 0.6) is 0 Å². The van der Waals surface area contributed by atoms with E-state index in [9.17, 15) is 4.79 Å². The lowest BCUT2D eigenvalue weighted by molar-refractivity contribution is 0.223. The van der Waals surface area contributed by atoms with E-state index in [1.807, 2.05) is 6.07 Å². The summed E-state index contributed by atoms with van der Waals surface area (Å²) in [6.45, 7) is 0.369. The van der Waals surface area contributed by atoms with E-state index in [0.29, 0.717) is 22.3 Å². The Morgan fingerprint density at radius 3 is 2.82 bits per heavy atom. The lowest BCUT2D eigenvalue weighted by atomic mass is 10.3. The van der Waals surface area contributed by atoms with Gasteiger partial charge in [-0.15, -0.1) is 0 Å². The zero-order chi connectivity index (χ0) is 12.8. The predicted octanol–water partition coefficient (Wildman–Crippen LogP) is 3.37. The highest BCUT2D eigenvalue weighted by atomic mass is 35.5. The minimum absolute atomic E-state index is 0.290. The van der Waals surface area contributed by atoms with Crippen LogP contribution in [0.2, 0.25) is 10.0 Å². The molecule has 0 aliphatic carbocycles. The Balaban J connectivity index is 2.65. The summed E-state index contributed by atoms with van der Waals surface area (Å²) >= 11 is 11.7. The lowest BCUT2D eigenvalue weighted by Crippen LogP contribution is -2.32. The molecule has 0 heterocycles. The maximum absolute atomic E-state index is 11.7. The standard InChI is InChI=1S/C11H11Cl2N3O/c1-16(6-2-5-14)11(17)15-10-4-3-8(12)7-9(10)13/h3-4,7H,2,6H2,1H3,(H,15,17). The molecule has 0 bridgehead atoms. The van der Waals surface area contributed by atoms with E-state index in [-0.39, 0.29) is 12.5 Å². The van der Waals surface area contributed by atoms with Crippen LogP contribution < -0.4 is 5.32 Å². The van der Waals surface area contributed by atoms with Gasteiger partial charge in [-0.1, -0.05) is 23.2 Å². The van der Waals surface area contributed by atoms with Gasteiger partial charge < -0.3 is 10.2 Å². The number of carbonyl (C=O) groups excluding carboxylic acids is 1. The molecule has 17 heavy (non-hydrogen) atoms. The first-order valence-electron chi connectivity index (χ1n) is 4.88. The first kappa shape index (κ1) is 13.6. The van der Waals surface area contributed by atoms with E-state index >= 15 is 0 Å². The van der Waals surface area contributed by atoms with Crippen LogP contribution in [-0.2, 0) is 0 Å². The van der Waals surface area contributed by atoms with E-state index in [0.717, 1.165) is 0 Å². The summed E-state index contributed by atoms with van der Waals surface area (Å²) < 4.78 is 0. The van der Waals surface area contributed by atoms with Crippen molar-refractivity contribution in [3.05, 3.63) is 28.2 Å². The molecule has 1 rings (SSSR count). The molecule has 0 unspecified atom stereocenters. The van der Waals surface area contributed by atoms with Crippen LogP contribution in [0.4, 0.5) is 10.5 Å². The molecule has 0 saturated carbocycles. The van der Waals surface area contributed by atoms with Crippen LogP contribution >= 0.6 is 23.2 Å². The Kier molecular flexibility index (Phi) is 5.08. The minimum Gasteiger partial charge on any atom is -0.327 e. The maximum Gasteiger partial charge on any atom is 0.321 e. The van der Waals surface area contributed by atoms with Gasteiger partial charge >= 0.3 is 6.03 Å². The molecule has 0 fully saturated rings. The second-order valence-corrected chi connectivity index (χ2v) is 4.23. The fourth-order valence-electron chi connectivity index (χ4n) is 1.12. The van der Waals surface area contributed by atoms with E-state index in [1.165, 1.54) is 4.90 Å². The van der Waals surface area contributed by atoms with E-state index in [2.05, 4.69) is 5.32 Å². The number of nitrogens with zero attached hydrogens (tertiary/aromatic N) is 2. The number of urea groups is 1. The Bertz CT molecular complexity index is 457. The van der Waals surface area contributed by atoms with Crippen molar-refractivity contribution in [3.8, 4) is 6.07 Å². The normalized spacial score (nSPS) is 9.53. The first-order chi connectivity index (χ1) is 8.04. The molecule has 6 heteroatoms. The smallest absolute Gasteiger partial charge is 0.321 e. The van der Waals surface area contributed by atoms with Gasteiger partial charge in [0.2, 0.25) is 0 Å². The summed E-state index contributed by atoms with van der Waals surface area (Å²) in [6, 6.07) is 6.47. The SMILES string of the molecule is CN(CCC#N)C(=O)Nc1ccc(Cl)cc1Cl. The fourth-order valence-corrected chi connectivity index (χ4v) is 1.58. The molecule has 1 N–H and O–H groups in total. The van der Waals surface area contributed by atoms with Crippen LogP contribution in [0.15, 0.2) is 18.2 Å². The summed E-state index contributed by atoms with van der Waals surface area (Å²) in [7, 11) is 1.61. The number of rotatable bonds is 3. The maximum atomic E-state index is 11.7. The average molecular weight is 272 g/mol.